The smallest absolute Gasteiger partial charge is 0.240 e. The van der Waals surface area contributed by atoms with Crippen LogP contribution < -0.4 is 14.8 Å². The lowest BCUT2D eigenvalue weighted by Gasteiger charge is -2.13. The summed E-state index contributed by atoms with van der Waals surface area (Å²) in [5.74, 6) is 0.545. The molecule has 2 N–H and O–H groups in total. The van der Waals surface area contributed by atoms with Crippen molar-refractivity contribution in [2.24, 2.45) is 5.92 Å². The number of benzene rings is 1. The summed E-state index contributed by atoms with van der Waals surface area (Å²) in [5.41, 5.74) is 0. The van der Waals surface area contributed by atoms with E-state index in [0.717, 1.165) is 12.8 Å². The van der Waals surface area contributed by atoms with Crippen molar-refractivity contribution in [3.05, 3.63) is 24.3 Å². The molecule has 1 rings (SSSR count). The van der Waals surface area contributed by atoms with Crippen LogP contribution in [0.2, 0.25) is 0 Å². The van der Waals surface area contributed by atoms with Gasteiger partial charge in [-0.05, 0) is 37.1 Å². The summed E-state index contributed by atoms with van der Waals surface area (Å²) in [6.07, 6.45) is 1.56. The number of carbonyl (C=O) groups excluding carboxylic acids is 1. The van der Waals surface area contributed by atoms with Gasteiger partial charge in [0, 0.05) is 19.0 Å². The van der Waals surface area contributed by atoms with Gasteiger partial charge >= 0.3 is 0 Å². The van der Waals surface area contributed by atoms with E-state index in [2.05, 4.69) is 10.0 Å². The molecule has 1 aromatic carbocycles. The fourth-order valence-electron chi connectivity index (χ4n) is 2.01. The van der Waals surface area contributed by atoms with E-state index in [0.29, 0.717) is 5.75 Å². The minimum absolute atomic E-state index is 0.0156. The molecule has 0 saturated heterocycles. The maximum absolute atomic E-state index is 12.1. The van der Waals surface area contributed by atoms with E-state index in [1.165, 1.54) is 19.2 Å². The Morgan fingerprint density at radius 1 is 1.14 bits per heavy atom. The monoisotopic (exact) mass is 328 g/mol. The van der Waals surface area contributed by atoms with Crippen LogP contribution in [0.4, 0.5) is 0 Å². The zero-order valence-corrected chi connectivity index (χ0v) is 14.1. The van der Waals surface area contributed by atoms with Crippen LogP contribution in [0.1, 0.15) is 26.7 Å². The van der Waals surface area contributed by atoms with Crippen LogP contribution in [0.15, 0.2) is 29.2 Å². The number of sulfonamides is 1. The van der Waals surface area contributed by atoms with Gasteiger partial charge in [0.25, 0.3) is 0 Å². The van der Waals surface area contributed by atoms with Crippen LogP contribution in [0, 0.1) is 5.92 Å². The maximum atomic E-state index is 12.1. The standard InChI is InChI=1S/C15H24N2O4S/c1-4-12(5-2)15(18)16-10-11-17-22(19,20)14-8-6-13(21-3)7-9-14/h6-9,12,17H,4-5,10-11H2,1-3H3,(H,16,18). The van der Waals surface area contributed by atoms with E-state index in [1.54, 1.807) is 12.1 Å². The Labute approximate surface area is 132 Å². The van der Waals surface area contributed by atoms with E-state index in [9.17, 15) is 13.2 Å². The van der Waals surface area contributed by atoms with Crippen LogP contribution >= 0.6 is 0 Å². The van der Waals surface area contributed by atoms with Gasteiger partial charge in [0.05, 0.1) is 12.0 Å². The highest BCUT2D eigenvalue weighted by Gasteiger charge is 2.15. The van der Waals surface area contributed by atoms with Crippen LogP contribution in [-0.2, 0) is 14.8 Å². The van der Waals surface area contributed by atoms with Crippen molar-refractivity contribution < 1.29 is 17.9 Å². The number of hydrogen-bond donors (Lipinski definition) is 2. The third kappa shape index (κ3) is 5.31. The molecule has 0 fully saturated rings. The number of rotatable bonds is 9. The van der Waals surface area contributed by atoms with Crippen molar-refractivity contribution in [1.82, 2.24) is 10.0 Å². The second-order valence-electron chi connectivity index (χ2n) is 4.88. The summed E-state index contributed by atoms with van der Waals surface area (Å²) in [5, 5.41) is 2.74. The lowest BCUT2D eigenvalue weighted by Crippen LogP contribution is -2.37. The molecule has 1 aromatic rings. The third-order valence-corrected chi connectivity index (χ3v) is 4.92. The Hall–Kier alpha value is -1.60. The van der Waals surface area contributed by atoms with Crippen molar-refractivity contribution >= 4 is 15.9 Å². The van der Waals surface area contributed by atoms with Crippen LogP contribution in [0.25, 0.3) is 0 Å². The molecule has 22 heavy (non-hydrogen) atoms. The quantitative estimate of drug-likeness (QED) is 0.673. The Bertz CT molecular complexity index is 566. The molecule has 0 aliphatic heterocycles. The molecule has 0 aliphatic carbocycles. The molecular weight excluding hydrogens is 304 g/mol. The van der Waals surface area contributed by atoms with E-state index in [4.69, 9.17) is 4.74 Å². The van der Waals surface area contributed by atoms with Gasteiger partial charge in [0.1, 0.15) is 5.75 Å². The van der Waals surface area contributed by atoms with Gasteiger partial charge < -0.3 is 10.1 Å². The summed E-state index contributed by atoms with van der Waals surface area (Å²) in [4.78, 5) is 11.9. The SMILES string of the molecule is CCC(CC)C(=O)NCCNS(=O)(=O)c1ccc(OC)cc1. The van der Waals surface area contributed by atoms with Gasteiger partial charge in [0.15, 0.2) is 0 Å². The highest BCUT2D eigenvalue weighted by atomic mass is 32.2. The molecule has 0 spiro atoms. The van der Waals surface area contributed by atoms with Gasteiger partial charge in [-0.15, -0.1) is 0 Å². The predicted molar refractivity (Wildman–Crippen MR) is 85.3 cm³/mol. The second-order valence-corrected chi connectivity index (χ2v) is 6.64. The van der Waals surface area contributed by atoms with Crippen LogP contribution in [-0.4, -0.2) is 34.5 Å². The van der Waals surface area contributed by atoms with Crippen molar-refractivity contribution in [3.63, 3.8) is 0 Å². The highest BCUT2D eigenvalue weighted by Crippen LogP contribution is 2.15. The summed E-state index contributed by atoms with van der Waals surface area (Å²) < 4.78 is 31.6. The molecule has 0 atom stereocenters. The van der Waals surface area contributed by atoms with Gasteiger partial charge in [-0.3, -0.25) is 4.79 Å². The molecule has 0 unspecified atom stereocenters. The molecule has 6 nitrogen and oxygen atoms in total. The average Bonchev–Trinajstić information content (AvgIpc) is 2.53. The largest absolute Gasteiger partial charge is 0.497 e. The first-order valence-electron chi connectivity index (χ1n) is 7.36. The van der Waals surface area contributed by atoms with Gasteiger partial charge in [-0.2, -0.15) is 0 Å². The Morgan fingerprint density at radius 2 is 1.73 bits per heavy atom. The summed E-state index contributed by atoms with van der Waals surface area (Å²) >= 11 is 0. The topological polar surface area (TPSA) is 84.5 Å². The van der Waals surface area contributed by atoms with Crippen molar-refractivity contribution in [1.29, 1.82) is 0 Å². The third-order valence-electron chi connectivity index (χ3n) is 3.44. The number of ether oxygens (including phenoxy) is 1. The minimum atomic E-state index is -3.57. The maximum Gasteiger partial charge on any atom is 0.240 e. The summed E-state index contributed by atoms with van der Waals surface area (Å²) in [7, 11) is -2.05. The molecular formula is C15H24N2O4S. The average molecular weight is 328 g/mol. The van der Waals surface area contributed by atoms with E-state index in [1.807, 2.05) is 13.8 Å². The number of nitrogens with one attached hydrogen (secondary N) is 2. The zero-order chi connectivity index (χ0) is 16.6. The van der Waals surface area contributed by atoms with Crippen LogP contribution in [0.3, 0.4) is 0 Å². The van der Waals surface area contributed by atoms with Gasteiger partial charge in [0.2, 0.25) is 15.9 Å². The second kappa shape index (κ2) is 8.75. The fourth-order valence-corrected chi connectivity index (χ4v) is 3.04. The molecule has 7 heteroatoms. The Balaban J connectivity index is 2.47. The molecule has 0 saturated carbocycles. The van der Waals surface area contributed by atoms with Crippen molar-refractivity contribution in [3.8, 4) is 5.75 Å². The van der Waals surface area contributed by atoms with E-state index >= 15 is 0 Å². The normalized spacial score (nSPS) is 11.5. The molecule has 0 aliphatic rings. The van der Waals surface area contributed by atoms with Gasteiger partial charge in [-0.1, -0.05) is 13.8 Å². The predicted octanol–water partition coefficient (Wildman–Crippen LogP) is 1.53. The number of carbonyl (C=O) groups is 1. The lowest BCUT2D eigenvalue weighted by atomic mass is 10.0. The minimum Gasteiger partial charge on any atom is -0.497 e. The van der Waals surface area contributed by atoms with E-state index in [-0.39, 0.29) is 29.8 Å². The first kappa shape index (κ1) is 18.4. The van der Waals surface area contributed by atoms with Crippen LogP contribution in [0.5, 0.6) is 5.75 Å². The lowest BCUT2D eigenvalue weighted by molar-refractivity contribution is -0.125. The van der Waals surface area contributed by atoms with Gasteiger partial charge in [-0.25, -0.2) is 13.1 Å². The molecule has 0 heterocycles. The number of amides is 1. The molecule has 0 aromatic heterocycles. The summed E-state index contributed by atoms with van der Waals surface area (Å²) in [6.45, 7) is 4.34. The summed E-state index contributed by atoms with van der Waals surface area (Å²) in [6, 6.07) is 6.13. The molecule has 0 bridgehead atoms. The Kier molecular flexibility index (Phi) is 7.34. The van der Waals surface area contributed by atoms with E-state index < -0.39 is 10.0 Å². The van der Waals surface area contributed by atoms with Crippen molar-refractivity contribution in [2.45, 2.75) is 31.6 Å². The number of methoxy groups -OCH3 is 1. The first-order valence-corrected chi connectivity index (χ1v) is 8.84. The zero-order valence-electron chi connectivity index (χ0n) is 13.3. The molecule has 124 valence electrons. The highest BCUT2D eigenvalue weighted by molar-refractivity contribution is 7.89. The number of hydrogen-bond acceptors (Lipinski definition) is 4. The Morgan fingerprint density at radius 3 is 2.23 bits per heavy atom. The fraction of sp³-hybridized carbons (Fsp3) is 0.533. The van der Waals surface area contributed by atoms with Crippen molar-refractivity contribution in [2.75, 3.05) is 20.2 Å². The molecule has 0 radical (unpaired) electrons. The first-order chi connectivity index (χ1) is 10.4. The molecule has 1 amide bonds.